The minimum Gasteiger partial charge on any atom is -0.491 e. The third-order valence-electron chi connectivity index (χ3n) is 6.84. The molecule has 5 rings (SSSR count). The van der Waals surface area contributed by atoms with Crippen molar-refractivity contribution in [3.63, 3.8) is 0 Å². The van der Waals surface area contributed by atoms with Gasteiger partial charge in [-0.1, -0.05) is 41.9 Å². The predicted molar refractivity (Wildman–Crippen MR) is 132 cm³/mol. The molecule has 214 valence electrons. The van der Waals surface area contributed by atoms with Crippen LogP contribution in [0.5, 0.6) is 5.75 Å². The summed E-state index contributed by atoms with van der Waals surface area (Å²) >= 11 is 6.70. The van der Waals surface area contributed by atoms with E-state index < -0.39 is 49.3 Å². The molecule has 0 radical (unpaired) electrons. The van der Waals surface area contributed by atoms with Crippen LogP contribution in [0.3, 0.4) is 0 Å². The van der Waals surface area contributed by atoms with Gasteiger partial charge in [-0.3, -0.25) is 4.90 Å². The van der Waals surface area contributed by atoms with Crippen LogP contribution < -0.4 is 4.74 Å². The molecule has 3 heterocycles. The van der Waals surface area contributed by atoms with Gasteiger partial charge in [0.1, 0.15) is 36.3 Å². The maximum Gasteiger partial charge on any atom is 0.490 e. The Morgan fingerprint density at radius 1 is 1.05 bits per heavy atom. The maximum atomic E-state index is 10.7. The number of hydrogen-bond donors (Lipinski definition) is 5. The molecule has 2 aromatic carbocycles. The van der Waals surface area contributed by atoms with Gasteiger partial charge in [0.15, 0.2) is 0 Å². The summed E-state index contributed by atoms with van der Waals surface area (Å²) < 4.78 is 43.4. The number of hydrogen-bond acceptors (Lipinski definition) is 8. The Kier molecular flexibility index (Phi) is 9.06. The quantitative estimate of drug-likeness (QED) is 0.326. The topological polar surface area (TPSA) is 140 Å². The smallest absolute Gasteiger partial charge is 0.490 e. The summed E-state index contributed by atoms with van der Waals surface area (Å²) in [5.74, 6) is -2.18. The molecular formula is C26H29ClF3NO8. The second kappa shape index (κ2) is 12.0. The van der Waals surface area contributed by atoms with Crippen LogP contribution in [-0.4, -0.2) is 93.3 Å². The van der Waals surface area contributed by atoms with E-state index in [1.54, 1.807) is 0 Å². The van der Waals surface area contributed by atoms with Crippen LogP contribution in [0, 0.1) is 0 Å². The van der Waals surface area contributed by atoms with Gasteiger partial charge in [-0.05, 0) is 28.7 Å². The van der Waals surface area contributed by atoms with E-state index in [2.05, 4.69) is 29.2 Å². The number of aliphatic hydroxyl groups is 4. The molecule has 13 heteroatoms. The third kappa shape index (κ3) is 6.83. The monoisotopic (exact) mass is 575 g/mol. The first-order valence-corrected chi connectivity index (χ1v) is 12.7. The summed E-state index contributed by atoms with van der Waals surface area (Å²) in [6.45, 7) is 3.29. The normalized spacial score (nSPS) is 26.3. The van der Waals surface area contributed by atoms with Crippen LogP contribution in [-0.2, 0) is 28.9 Å². The summed E-state index contributed by atoms with van der Waals surface area (Å²) in [5, 5.41) is 48.3. The summed E-state index contributed by atoms with van der Waals surface area (Å²) in [5.41, 5.74) is 4.71. The average Bonchev–Trinajstić information content (AvgIpc) is 3.57. The fourth-order valence-corrected chi connectivity index (χ4v) is 4.91. The fourth-order valence-electron chi connectivity index (χ4n) is 4.62. The number of rotatable bonds is 6. The molecule has 0 bridgehead atoms. The highest BCUT2D eigenvalue weighted by Crippen LogP contribution is 2.44. The number of benzene rings is 2. The second-order valence-corrected chi connectivity index (χ2v) is 10.0. The molecule has 2 fully saturated rings. The number of aliphatic carboxylic acids is 1. The Labute approximate surface area is 227 Å². The molecule has 2 aromatic rings. The Morgan fingerprint density at radius 3 is 2.23 bits per heavy atom. The Hall–Kier alpha value is -2.45. The number of carboxylic acid groups (broad SMARTS) is 1. The fraction of sp³-hybridized carbons (Fsp3) is 0.500. The average molecular weight is 576 g/mol. The first kappa shape index (κ1) is 29.5. The number of carboxylic acids is 1. The lowest BCUT2D eigenvalue weighted by molar-refractivity contribution is -0.231. The van der Waals surface area contributed by atoms with Crippen LogP contribution in [0.4, 0.5) is 13.2 Å². The second-order valence-electron chi connectivity index (χ2n) is 9.67. The van der Waals surface area contributed by atoms with E-state index >= 15 is 0 Å². The minimum absolute atomic E-state index is 0.466. The van der Waals surface area contributed by atoms with Crippen molar-refractivity contribution < 1.29 is 53.0 Å². The van der Waals surface area contributed by atoms with Crippen LogP contribution in [0.1, 0.15) is 33.9 Å². The largest absolute Gasteiger partial charge is 0.491 e. The molecule has 3 aliphatic rings. The van der Waals surface area contributed by atoms with E-state index in [1.807, 2.05) is 6.07 Å². The van der Waals surface area contributed by atoms with E-state index in [4.69, 9.17) is 31.0 Å². The van der Waals surface area contributed by atoms with Crippen molar-refractivity contribution in [2.45, 2.75) is 56.1 Å². The van der Waals surface area contributed by atoms with Gasteiger partial charge >= 0.3 is 12.1 Å². The van der Waals surface area contributed by atoms with E-state index in [0.717, 1.165) is 36.3 Å². The number of alkyl halides is 3. The number of carbonyl (C=O) groups is 1. The summed E-state index contributed by atoms with van der Waals surface area (Å²) in [6, 6.07) is 10.3. The van der Waals surface area contributed by atoms with Crippen LogP contribution >= 0.6 is 11.6 Å². The molecule has 0 amide bonds. The van der Waals surface area contributed by atoms with Gasteiger partial charge in [0.25, 0.3) is 0 Å². The van der Waals surface area contributed by atoms with Crippen LogP contribution in [0.2, 0.25) is 5.02 Å². The molecule has 0 unspecified atom stereocenters. The summed E-state index contributed by atoms with van der Waals surface area (Å²) in [7, 11) is 0. The zero-order valence-corrected chi connectivity index (χ0v) is 21.4. The van der Waals surface area contributed by atoms with E-state index in [-0.39, 0.29) is 0 Å². The summed E-state index contributed by atoms with van der Waals surface area (Å²) in [4.78, 5) is 11.3. The number of nitrogens with zero attached hydrogens (tertiary/aromatic N) is 1. The molecule has 2 saturated heterocycles. The Morgan fingerprint density at radius 2 is 1.67 bits per heavy atom. The predicted octanol–water partition coefficient (Wildman–Crippen LogP) is 1.83. The number of ether oxygens (including phenoxy) is 2. The zero-order valence-electron chi connectivity index (χ0n) is 20.6. The Bertz CT molecular complexity index is 1170. The first-order valence-electron chi connectivity index (χ1n) is 12.3. The molecule has 5 N–H and O–H groups in total. The lowest BCUT2D eigenvalue weighted by Crippen LogP contribution is -2.55. The SMILES string of the molecule is O=C(O)C(F)(F)F.OC[C@H]1O[C@@H](c2cc(Cc3ccc(CN4CC4)cc3)c(Cl)c3c2CCO3)[C@H](O)[C@@H](O)[C@@H]1O. The zero-order chi connectivity index (χ0) is 28.5. The van der Waals surface area contributed by atoms with Gasteiger partial charge in [0.05, 0.1) is 18.2 Å². The van der Waals surface area contributed by atoms with Crippen molar-refractivity contribution in [2.24, 2.45) is 0 Å². The molecule has 0 spiro atoms. The van der Waals surface area contributed by atoms with Crippen molar-refractivity contribution in [3.8, 4) is 5.75 Å². The molecule has 0 aromatic heterocycles. The van der Waals surface area contributed by atoms with E-state index in [0.29, 0.717) is 35.8 Å². The van der Waals surface area contributed by atoms with Crippen LogP contribution in [0.25, 0.3) is 0 Å². The van der Waals surface area contributed by atoms with Gasteiger partial charge in [0.2, 0.25) is 0 Å². The van der Waals surface area contributed by atoms with Crippen LogP contribution in [0.15, 0.2) is 30.3 Å². The van der Waals surface area contributed by atoms with Gasteiger partial charge in [-0.2, -0.15) is 13.2 Å². The first-order chi connectivity index (χ1) is 18.4. The lowest BCUT2D eigenvalue weighted by Gasteiger charge is -2.40. The van der Waals surface area contributed by atoms with Crippen molar-refractivity contribution in [2.75, 3.05) is 26.3 Å². The number of halogens is 4. The molecule has 3 aliphatic heterocycles. The molecular weight excluding hydrogens is 547 g/mol. The molecule has 39 heavy (non-hydrogen) atoms. The lowest BCUT2D eigenvalue weighted by atomic mass is 9.87. The van der Waals surface area contributed by atoms with E-state index in [1.165, 1.54) is 5.56 Å². The molecule has 0 aliphatic carbocycles. The van der Waals surface area contributed by atoms with Crippen molar-refractivity contribution >= 4 is 17.6 Å². The van der Waals surface area contributed by atoms with Gasteiger partial charge in [-0.15, -0.1) is 0 Å². The molecule has 0 saturated carbocycles. The van der Waals surface area contributed by atoms with Crippen molar-refractivity contribution in [3.05, 3.63) is 63.2 Å². The maximum absolute atomic E-state index is 10.7. The minimum atomic E-state index is -5.08. The highest BCUT2D eigenvalue weighted by molar-refractivity contribution is 6.33. The standard InChI is InChI=1S/C24H28ClNO6.C2HF3O2/c25-19-15(9-13-1-3-14(4-2-13)11-26-6-7-26)10-17(16-5-8-31-23(16)19)24-22(30)21(29)20(28)18(12-27)32-24;3-2(4,5)1(6)7/h1-4,10,18,20-22,24,27-30H,5-9,11-12H2;(H,6,7)/t18-,20-,21+,22-,24+;/m1./s1. The molecule has 9 nitrogen and oxygen atoms in total. The molecule has 5 atom stereocenters. The van der Waals surface area contributed by atoms with Gasteiger partial charge in [0, 0.05) is 31.6 Å². The highest BCUT2D eigenvalue weighted by Gasteiger charge is 2.45. The summed E-state index contributed by atoms with van der Waals surface area (Å²) in [6.07, 6.45) is -9.96. The number of fused-ring (bicyclic) bond motifs is 1. The van der Waals surface area contributed by atoms with Gasteiger partial charge in [-0.25, -0.2) is 4.79 Å². The highest BCUT2D eigenvalue weighted by atomic mass is 35.5. The van der Waals surface area contributed by atoms with E-state index in [9.17, 15) is 33.6 Å². The Balaban J connectivity index is 0.000000448. The number of aliphatic hydroxyl groups excluding tert-OH is 4. The van der Waals surface area contributed by atoms with Crippen molar-refractivity contribution in [1.29, 1.82) is 0 Å². The van der Waals surface area contributed by atoms with Gasteiger partial charge < -0.3 is 35.0 Å². The third-order valence-corrected chi connectivity index (χ3v) is 7.25. The van der Waals surface area contributed by atoms with Crippen molar-refractivity contribution in [1.82, 2.24) is 4.90 Å².